The molecule has 0 amide bonds. The summed E-state index contributed by atoms with van der Waals surface area (Å²) in [6.45, 7) is 10.2. The Kier molecular flexibility index (Phi) is 5.72. The summed E-state index contributed by atoms with van der Waals surface area (Å²) in [7, 11) is 0. The summed E-state index contributed by atoms with van der Waals surface area (Å²) in [4.78, 5) is 4.44. The number of halogens is 1. The lowest BCUT2D eigenvalue weighted by molar-refractivity contribution is 0.312. The van der Waals surface area contributed by atoms with E-state index in [-0.39, 0.29) is 11.0 Å². The molecule has 0 bridgehead atoms. The van der Waals surface area contributed by atoms with Gasteiger partial charge in [-0.25, -0.2) is 3.21 Å². The van der Waals surface area contributed by atoms with E-state index >= 15 is 0 Å². The maximum absolute atomic E-state index is 5.96. The molecule has 4 nitrogen and oxygen atoms in total. The standard InChI is InChI=1S/C11H23IN4/c1-6-11(5,9(14)16-12)7-10(3,4)15-8(2)13/h6-7H2,1-5H3,(H2,13,15)(H2,14,16). The van der Waals surface area contributed by atoms with E-state index in [1.807, 2.05) is 22.9 Å². The Morgan fingerprint density at radius 1 is 1.25 bits per heavy atom. The van der Waals surface area contributed by atoms with Crippen LogP contribution in [0.1, 0.15) is 47.5 Å². The van der Waals surface area contributed by atoms with Gasteiger partial charge in [0, 0.05) is 5.41 Å². The molecule has 16 heavy (non-hydrogen) atoms. The summed E-state index contributed by atoms with van der Waals surface area (Å²) >= 11 is 1.94. The predicted octanol–water partition coefficient (Wildman–Crippen LogP) is 2.66. The zero-order valence-electron chi connectivity index (χ0n) is 10.8. The summed E-state index contributed by atoms with van der Waals surface area (Å²) in [6.07, 6.45) is 1.78. The third kappa shape index (κ3) is 4.67. The number of nitrogens with zero attached hydrogens (tertiary/aromatic N) is 2. The quantitative estimate of drug-likeness (QED) is 0.459. The van der Waals surface area contributed by atoms with Crippen molar-refractivity contribution in [1.82, 2.24) is 0 Å². The van der Waals surface area contributed by atoms with E-state index in [1.54, 1.807) is 6.92 Å². The Balaban J connectivity index is 4.99. The molecule has 0 fully saturated rings. The van der Waals surface area contributed by atoms with Crippen molar-refractivity contribution in [3.05, 3.63) is 0 Å². The lowest BCUT2D eigenvalue weighted by atomic mass is 9.76. The van der Waals surface area contributed by atoms with Crippen molar-refractivity contribution in [2.45, 2.75) is 53.0 Å². The molecule has 1 atom stereocenters. The monoisotopic (exact) mass is 338 g/mol. The second-order valence-electron chi connectivity index (χ2n) is 5.13. The van der Waals surface area contributed by atoms with Crippen molar-refractivity contribution in [2.75, 3.05) is 0 Å². The molecule has 0 aromatic carbocycles. The summed E-state index contributed by atoms with van der Waals surface area (Å²) < 4.78 is 4.08. The third-order valence-electron chi connectivity index (χ3n) is 2.79. The van der Waals surface area contributed by atoms with Crippen LogP contribution < -0.4 is 11.5 Å². The summed E-state index contributed by atoms with van der Waals surface area (Å²) in [5.74, 6) is 1.28. The van der Waals surface area contributed by atoms with E-state index in [1.165, 1.54) is 0 Å². The molecule has 0 radical (unpaired) electrons. The van der Waals surface area contributed by atoms with Crippen LogP contribution in [0.25, 0.3) is 0 Å². The zero-order chi connectivity index (χ0) is 13.0. The third-order valence-corrected chi connectivity index (χ3v) is 3.31. The Morgan fingerprint density at radius 2 is 1.75 bits per heavy atom. The Morgan fingerprint density at radius 3 is 2.06 bits per heavy atom. The molecule has 0 aromatic heterocycles. The summed E-state index contributed by atoms with van der Waals surface area (Å²) in [6, 6.07) is 0. The van der Waals surface area contributed by atoms with Gasteiger partial charge in [0.25, 0.3) is 0 Å². The van der Waals surface area contributed by atoms with Crippen LogP contribution in [-0.4, -0.2) is 17.2 Å². The van der Waals surface area contributed by atoms with E-state index in [4.69, 9.17) is 11.5 Å². The number of aliphatic imine (C=N–C) groups is 1. The van der Waals surface area contributed by atoms with Crippen LogP contribution in [0.5, 0.6) is 0 Å². The van der Waals surface area contributed by atoms with Crippen molar-refractivity contribution >= 4 is 34.5 Å². The van der Waals surface area contributed by atoms with E-state index in [2.05, 4.69) is 35.9 Å². The number of amidine groups is 2. The Hall–Kier alpha value is -0.330. The summed E-state index contributed by atoms with van der Waals surface area (Å²) in [5, 5.41) is 0. The van der Waals surface area contributed by atoms with Gasteiger partial charge in [0.2, 0.25) is 0 Å². The second kappa shape index (κ2) is 5.84. The van der Waals surface area contributed by atoms with Gasteiger partial charge in [-0.1, -0.05) is 13.8 Å². The Bertz CT molecular complexity index is 292. The molecule has 5 heteroatoms. The molecule has 0 aromatic rings. The van der Waals surface area contributed by atoms with Crippen LogP contribution >= 0.6 is 22.9 Å². The predicted molar refractivity (Wildman–Crippen MR) is 80.0 cm³/mol. The molecule has 0 saturated heterocycles. The Labute approximate surface area is 112 Å². The van der Waals surface area contributed by atoms with Crippen LogP contribution in [0.4, 0.5) is 0 Å². The fourth-order valence-corrected chi connectivity index (χ4v) is 2.55. The largest absolute Gasteiger partial charge is 0.388 e. The van der Waals surface area contributed by atoms with E-state index in [0.717, 1.165) is 12.8 Å². The first kappa shape index (κ1) is 15.7. The number of rotatable bonds is 5. The van der Waals surface area contributed by atoms with Gasteiger partial charge < -0.3 is 11.5 Å². The molecular formula is C11H23IN4. The lowest BCUT2D eigenvalue weighted by Crippen LogP contribution is -2.40. The average molecular weight is 338 g/mol. The first-order valence-electron chi connectivity index (χ1n) is 5.43. The van der Waals surface area contributed by atoms with Crippen molar-refractivity contribution in [3.63, 3.8) is 0 Å². The van der Waals surface area contributed by atoms with Crippen molar-refractivity contribution in [2.24, 2.45) is 25.1 Å². The first-order chi connectivity index (χ1) is 7.17. The van der Waals surface area contributed by atoms with Gasteiger partial charge in [-0.2, -0.15) is 0 Å². The van der Waals surface area contributed by atoms with Gasteiger partial charge in [0.05, 0.1) is 34.2 Å². The number of hydrogen-bond donors (Lipinski definition) is 2. The minimum absolute atomic E-state index is 0.121. The molecule has 0 aliphatic heterocycles. The molecule has 0 aliphatic rings. The number of hydrogen-bond acceptors (Lipinski definition) is 2. The molecule has 0 saturated carbocycles. The topological polar surface area (TPSA) is 76.8 Å². The molecule has 0 aliphatic carbocycles. The highest BCUT2D eigenvalue weighted by atomic mass is 127. The van der Waals surface area contributed by atoms with Crippen molar-refractivity contribution in [3.8, 4) is 0 Å². The second-order valence-corrected chi connectivity index (χ2v) is 5.61. The molecule has 4 N–H and O–H groups in total. The maximum Gasteiger partial charge on any atom is 0.112 e. The van der Waals surface area contributed by atoms with Gasteiger partial charge in [-0.05, 0) is 33.6 Å². The van der Waals surface area contributed by atoms with Gasteiger partial charge in [-0.3, -0.25) is 4.99 Å². The van der Waals surface area contributed by atoms with E-state index in [9.17, 15) is 0 Å². The molecule has 94 valence electrons. The molecule has 0 spiro atoms. The molecule has 0 heterocycles. The summed E-state index contributed by atoms with van der Waals surface area (Å²) in [5.41, 5.74) is 11.3. The maximum atomic E-state index is 5.96. The first-order valence-corrected chi connectivity index (χ1v) is 6.40. The minimum atomic E-state index is -0.213. The van der Waals surface area contributed by atoms with Crippen LogP contribution in [0.3, 0.4) is 0 Å². The fraction of sp³-hybridized carbons (Fsp3) is 0.818. The van der Waals surface area contributed by atoms with Gasteiger partial charge in [-0.15, -0.1) is 0 Å². The van der Waals surface area contributed by atoms with Crippen molar-refractivity contribution in [1.29, 1.82) is 0 Å². The highest BCUT2D eigenvalue weighted by Crippen LogP contribution is 2.34. The normalized spacial score (nSPS) is 18.4. The van der Waals surface area contributed by atoms with Crippen LogP contribution in [0, 0.1) is 5.41 Å². The van der Waals surface area contributed by atoms with Crippen LogP contribution in [-0.2, 0) is 0 Å². The minimum Gasteiger partial charge on any atom is -0.388 e. The highest BCUT2D eigenvalue weighted by molar-refractivity contribution is 14.1. The highest BCUT2D eigenvalue weighted by Gasteiger charge is 2.34. The van der Waals surface area contributed by atoms with Crippen LogP contribution in [0.2, 0.25) is 0 Å². The fourth-order valence-electron chi connectivity index (χ4n) is 1.97. The van der Waals surface area contributed by atoms with Gasteiger partial charge in [0.1, 0.15) is 5.84 Å². The smallest absolute Gasteiger partial charge is 0.112 e. The molecule has 0 rings (SSSR count). The molecule has 1 unspecified atom stereocenters. The zero-order valence-corrected chi connectivity index (χ0v) is 13.0. The van der Waals surface area contributed by atoms with Gasteiger partial charge in [0.15, 0.2) is 0 Å². The molecular weight excluding hydrogens is 315 g/mol. The number of nitrogens with two attached hydrogens (primary N) is 2. The van der Waals surface area contributed by atoms with E-state index in [0.29, 0.717) is 11.7 Å². The lowest BCUT2D eigenvalue weighted by Gasteiger charge is -2.34. The average Bonchev–Trinajstić information content (AvgIpc) is 2.13. The van der Waals surface area contributed by atoms with E-state index < -0.39 is 0 Å². The SMILES string of the molecule is CCC(C)(CC(C)(C)N=C(C)N)C(N)=NI. The van der Waals surface area contributed by atoms with Crippen molar-refractivity contribution < 1.29 is 0 Å². The van der Waals surface area contributed by atoms with Gasteiger partial charge >= 0.3 is 0 Å². The van der Waals surface area contributed by atoms with Crippen LogP contribution in [0.15, 0.2) is 8.20 Å².